The molecule has 0 saturated carbocycles. The molecule has 3 N–H and O–H groups in total. The van der Waals surface area contributed by atoms with Gasteiger partial charge in [-0.15, -0.1) is 0 Å². The minimum Gasteiger partial charge on any atom is -0.398 e. The lowest BCUT2D eigenvalue weighted by Gasteiger charge is -2.05. The van der Waals surface area contributed by atoms with Gasteiger partial charge in [-0.25, -0.2) is 4.39 Å². The summed E-state index contributed by atoms with van der Waals surface area (Å²) in [5.74, 6) is -0.502. The number of hydrogen-bond donors (Lipinski definition) is 2. The minimum atomic E-state index is -0.339. The number of H-pyrrole nitrogens is 1. The van der Waals surface area contributed by atoms with Crippen LogP contribution in [0.25, 0.3) is 10.9 Å². The fourth-order valence-electron chi connectivity index (χ4n) is 2.30. The molecule has 1 heterocycles. The normalized spacial score (nSPS) is 10.9. The van der Waals surface area contributed by atoms with E-state index in [-0.39, 0.29) is 11.6 Å². The lowest BCUT2D eigenvalue weighted by molar-refractivity contribution is 0.104. The number of benzene rings is 2. The molecule has 0 atom stereocenters. The number of fused-ring (bicyclic) bond motifs is 1. The maximum Gasteiger partial charge on any atom is 0.197 e. The molecular formula is C16H13FN2O. The van der Waals surface area contributed by atoms with E-state index < -0.39 is 0 Å². The number of aryl methyl sites for hydroxylation is 1. The Morgan fingerprint density at radius 2 is 1.95 bits per heavy atom. The zero-order chi connectivity index (χ0) is 14.3. The Bertz CT molecular complexity index is 820. The van der Waals surface area contributed by atoms with Crippen molar-refractivity contribution in [1.29, 1.82) is 0 Å². The average Bonchev–Trinajstić information content (AvgIpc) is 2.83. The lowest BCUT2D eigenvalue weighted by atomic mass is 9.99. The minimum absolute atomic E-state index is 0.163. The Kier molecular flexibility index (Phi) is 2.79. The molecule has 0 aliphatic rings. The number of rotatable bonds is 2. The summed E-state index contributed by atoms with van der Waals surface area (Å²) < 4.78 is 13.2. The molecule has 0 spiro atoms. The molecule has 0 bridgehead atoms. The van der Waals surface area contributed by atoms with E-state index in [2.05, 4.69) is 4.98 Å². The molecule has 20 heavy (non-hydrogen) atoms. The smallest absolute Gasteiger partial charge is 0.197 e. The van der Waals surface area contributed by atoms with E-state index in [1.54, 1.807) is 24.4 Å². The monoisotopic (exact) mass is 268 g/mol. The van der Waals surface area contributed by atoms with Crippen molar-refractivity contribution in [3.8, 4) is 0 Å². The first-order valence-corrected chi connectivity index (χ1v) is 6.24. The summed E-state index contributed by atoms with van der Waals surface area (Å²) in [5, 5.41) is 0.692. The number of nitrogens with one attached hydrogen (secondary N) is 1. The summed E-state index contributed by atoms with van der Waals surface area (Å²) in [6.07, 6.45) is 1.59. The molecule has 100 valence electrons. The highest BCUT2D eigenvalue weighted by Gasteiger charge is 2.16. The summed E-state index contributed by atoms with van der Waals surface area (Å²) in [7, 11) is 0. The SMILES string of the molecule is Cc1ccc(N)c(C(=O)c2c[nH]c3cc(F)ccc23)c1. The average molecular weight is 268 g/mol. The fourth-order valence-corrected chi connectivity index (χ4v) is 2.30. The maximum absolute atomic E-state index is 13.2. The molecule has 3 rings (SSSR count). The Morgan fingerprint density at radius 1 is 1.15 bits per heavy atom. The molecule has 0 fully saturated rings. The molecule has 3 aromatic rings. The molecule has 4 heteroatoms. The largest absolute Gasteiger partial charge is 0.398 e. The van der Waals surface area contributed by atoms with Gasteiger partial charge in [-0.3, -0.25) is 4.79 Å². The van der Waals surface area contributed by atoms with E-state index in [4.69, 9.17) is 5.73 Å². The Balaban J connectivity index is 2.15. The molecule has 0 aliphatic carbocycles. The van der Waals surface area contributed by atoms with Crippen molar-refractivity contribution in [3.63, 3.8) is 0 Å². The first-order valence-electron chi connectivity index (χ1n) is 6.24. The highest BCUT2D eigenvalue weighted by molar-refractivity contribution is 6.18. The topological polar surface area (TPSA) is 58.9 Å². The van der Waals surface area contributed by atoms with Crippen LogP contribution in [0, 0.1) is 12.7 Å². The Morgan fingerprint density at radius 3 is 2.75 bits per heavy atom. The molecule has 0 amide bonds. The summed E-state index contributed by atoms with van der Waals surface area (Å²) in [6, 6.07) is 9.65. The van der Waals surface area contributed by atoms with Gasteiger partial charge in [0.1, 0.15) is 5.82 Å². The van der Waals surface area contributed by atoms with Crippen molar-refractivity contribution in [2.75, 3.05) is 5.73 Å². The Hall–Kier alpha value is -2.62. The molecule has 0 radical (unpaired) electrons. The van der Waals surface area contributed by atoms with Crippen LogP contribution in [0.5, 0.6) is 0 Å². The van der Waals surface area contributed by atoms with Crippen LogP contribution in [0.3, 0.4) is 0 Å². The second-order valence-electron chi connectivity index (χ2n) is 4.81. The van der Waals surface area contributed by atoms with Gasteiger partial charge in [-0.05, 0) is 37.3 Å². The van der Waals surface area contributed by atoms with E-state index in [0.29, 0.717) is 27.7 Å². The fraction of sp³-hybridized carbons (Fsp3) is 0.0625. The number of hydrogen-bond acceptors (Lipinski definition) is 2. The third kappa shape index (κ3) is 1.95. The number of nitrogen functional groups attached to an aromatic ring is 1. The van der Waals surface area contributed by atoms with Crippen LogP contribution in [0.1, 0.15) is 21.5 Å². The van der Waals surface area contributed by atoms with Crippen molar-refractivity contribution in [1.82, 2.24) is 4.98 Å². The van der Waals surface area contributed by atoms with Crippen LogP contribution < -0.4 is 5.73 Å². The number of nitrogens with two attached hydrogens (primary N) is 1. The predicted octanol–water partition coefficient (Wildman–Crippen LogP) is 3.43. The summed E-state index contributed by atoms with van der Waals surface area (Å²) >= 11 is 0. The van der Waals surface area contributed by atoms with Crippen molar-refractivity contribution in [2.45, 2.75) is 6.92 Å². The number of carbonyl (C=O) groups is 1. The van der Waals surface area contributed by atoms with Gasteiger partial charge in [0.2, 0.25) is 0 Å². The molecule has 3 nitrogen and oxygen atoms in total. The summed E-state index contributed by atoms with van der Waals surface area (Å²) in [4.78, 5) is 15.5. The second kappa shape index (κ2) is 4.49. The number of carbonyl (C=O) groups excluding carboxylic acids is 1. The third-order valence-corrected chi connectivity index (χ3v) is 3.34. The maximum atomic E-state index is 13.2. The lowest BCUT2D eigenvalue weighted by Crippen LogP contribution is -2.05. The predicted molar refractivity (Wildman–Crippen MR) is 77.3 cm³/mol. The van der Waals surface area contributed by atoms with E-state index in [1.807, 2.05) is 13.0 Å². The van der Waals surface area contributed by atoms with Gasteiger partial charge in [-0.1, -0.05) is 11.6 Å². The standard InChI is InChI=1S/C16H13FN2O/c1-9-2-5-14(18)12(6-9)16(20)13-8-19-15-7-10(17)3-4-11(13)15/h2-8,19H,18H2,1H3. The quantitative estimate of drug-likeness (QED) is 0.552. The van der Waals surface area contributed by atoms with E-state index >= 15 is 0 Å². The molecular weight excluding hydrogens is 255 g/mol. The molecule has 2 aromatic carbocycles. The van der Waals surface area contributed by atoms with E-state index in [9.17, 15) is 9.18 Å². The zero-order valence-corrected chi connectivity index (χ0v) is 10.9. The van der Waals surface area contributed by atoms with Gasteiger partial charge in [0.05, 0.1) is 0 Å². The van der Waals surface area contributed by atoms with Crippen molar-refractivity contribution < 1.29 is 9.18 Å². The van der Waals surface area contributed by atoms with Gasteiger partial charge >= 0.3 is 0 Å². The van der Waals surface area contributed by atoms with Gasteiger partial charge in [0.25, 0.3) is 0 Å². The van der Waals surface area contributed by atoms with Crippen LogP contribution in [0.15, 0.2) is 42.6 Å². The van der Waals surface area contributed by atoms with E-state index in [0.717, 1.165) is 5.56 Å². The highest BCUT2D eigenvalue weighted by atomic mass is 19.1. The van der Waals surface area contributed by atoms with Crippen LogP contribution in [0.4, 0.5) is 10.1 Å². The molecule has 0 saturated heterocycles. The van der Waals surface area contributed by atoms with Gasteiger partial charge in [0.15, 0.2) is 5.78 Å². The summed E-state index contributed by atoms with van der Waals surface area (Å²) in [6.45, 7) is 1.90. The first kappa shape index (κ1) is 12.4. The number of anilines is 1. The first-order chi connectivity index (χ1) is 9.56. The van der Waals surface area contributed by atoms with Crippen molar-refractivity contribution in [3.05, 3.63) is 65.1 Å². The number of aromatic nitrogens is 1. The van der Waals surface area contributed by atoms with Crippen LogP contribution >= 0.6 is 0 Å². The summed E-state index contributed by atoms with van der Waals surface area (Å²) in [5.41, 5.74) is 8.84. The van der Waals surface area contributed by atoms with Gasteiger partial charge in [-0.2, -0.15) is 0 Å². The number of ketones is 1. The molecule has 1 aromatic heterocycles. The van der Waals surface area contributed by atoms with Crippen molar-refractivity contribution >= 4 is 22.4 Å². The second-order valence-corrected chi connectivity index (χ2v) is 4.81. The van der Waals surface area contributed by atoms with Gasteiger partial charge in [0, 0.05) is 33.9 Å². The zero-order valence-electron chi connectivity index (χ0n) is 10.9. The van der Waals surface area contributed by atoms with E-state index in [1.165, 1.54) is 12.1 Å². The Labute approximate surface area is 115 Å². The van der Waals surface area contributed by atoms with Crippen LogP contribution in [-0.4, -0.2) is 10.8 Å². The van der Waals surface area contributed by atoms with Crippen LogP contribution in [-0.2, 0) is 0 Å². The van der Waals surface area contributed by atoms with Crippen LogP contribution in [0.2, 0.25) is 0 Å². The number of aromatic amines is 1. The highest BCUT2D eigenvalue weighted by Crippen LogP contribution is 2.24. The van der Waals surface area contributed by atoms with Crippen molar-refractivity contribution in [2.24, 2.45) is 0 Å². The molecule has 0 unspecified atom stereocenters. The number of halogens is 1. The van der Waals surface area contributed by atoms with Gasteiger partial charge < -0.3 is 10.7 Å². The third-order valence-electron chi connectivity index (χ3n) is 3.34. The molecule has 0 aliphatic heterocycles.